The first kappa shape index (κ1) is 20.0. The standard InChI is InChI=1S/C16H16BN3O4.CH2O2/c1-24-15-6-12-13(7-14(15)21)19-9-20-16(12)18-8-10-2-4-11(5-3-10)17(22)23;2-1-3/h2-7,9,21-23H,8H2,1H3,(H,18,19,20);1H,(H,2,3). The molecule has 0 bridgehead atoms. The molecule has 0 unspecified atom stereocenters. The van der Waals surface area contributed by atoms with Crippen molar-refractivity contribution in [2.24, 2.45) is 0 Å². The number of anilines is 1. The summed E-state index contributed by atoms with van der Waals surface area (Å²) in [5, 5.41) is 38.9. The fourth-order valence-electron chi connectivity index (χ4n) is 2.37. The smallest absolute Gasteiger partial charge is 0.488 e. The Bertz CT molecular complexity index is 905. The molecule has 0 aliphatic heterocycles. The van der Waals surface area contributed by atoms with Crippen molar-refractivity contribution in [3.63, 3.8) is 0 Å². The first-order chi connectivity index (χ1) is 13.0. The highest BCUT2D eigenvalue weighted by Gasteiger charge is 2.11. The van der Waals surface area contributed by atoms with Gasteiger partial charge in [-0.2, -0.15) is 0 Å². The Balaban J connectivity index is 0.000000817. The van der Waals surface area contributed by atoms with Crippen molar-refractivity contribution < 1.29 is 29.8 Å². The maximum atomic E-state index is 9.83. The third-order valence-corrected chi connectivity index (χ3v) is 3.67. The molecule has 2 aromatic carbocycles. The zero-order valence-corrected chi connectivity index (χ0v) is 14.4. The molecule has 0 aliphatic carbocycles. The predicted molar refractivity (Wildman–Crippen MR) is 100 cm³/mol. The number of aromatic hydroxyl groups is 1. The molecule has 10 heteroatoms. The van der Waals surface area contributed by atoms with Crippen LogP contribution in [0, 0.1) is 0 Å². The van der Waals surface area contributed by atoms with Crippen LogP contribution in [0.15, 0.2) is 42.7 Å². The average Bonchev–Trinajstić information content (AvgIpc) is 2.66. The van der Waals surface area contributed by atoms with E-state index in [9.17, 15) is 5.11 Å². The van der Waals surface area contributed by atoms with Crippen LogP contribution in [-0.4, -0.2) is 50.9 Å². The third kappa shape index (κ3) is 5.06. The van der Waals surface area contributed by atoms with E-state index in [1.165, 1.54) is 19.5 Å². The van der Waals surface area contributed by atoms with Crippen molar-refractivity contribution in [2.75, 3.05) is 12.4 Å². The fourth-order valence-corrected chi connectivity index (χ4v) is 2.37. The van der Waals surface area contributed by atoms with Gasteiger partial charge in [-0.15, -0.1) is 0 Å². The van der Waals surface area contributed by atoms with Crippen LogP contribution in [0.2, 0.25) is 0 Å². The van der Waals surface area contributed by atoms with E-state index in [2.05, 4.69) is 15.3 Å². The number of carbonyl (C=O) groups is 1. The van der Waals surface area contributed by atoms with Crippen molar-refractivity contribution in [3.05, 3.63) is 48.3 Å². The topological polar surface area (TPSA) is 145 Å². The third-order valence-electron chi connectivity index (χ3n) is 3.67. The summed E-state index contributed by atoms with van der Waals surface area (Å²) in [4.78, 5) is 16.7. The molecule has 3 rings (SSSR count). The zero-order valence-electron chi connectivity index (χ0n) is 14.4. The van der Waals surface area contributed by atoms with Crippen LogP contribution in [0.3, 0.4) is 0 Å². The lowest BCUT2D eigenvalue weighted by molar-refractivity contribution is -0.122. The first-order valence-corrected chi connectivity index (χ1v) is 7.78. The van der Waals surface area contributed by atoms with E-state index in [4.69, 9.17) is 24.7 Å². The van der Waals surface area contributed by atoms with Gasteiger partial charge in [0.2, 0.25) is 0 Å². The van der Waals surface area contributed by atoms with Gasteiger partial charge in [0.1, 0.15) is 12.1 Å². The summed E-state index contributed by atoms with van der Waals surface area (Å²) in [7, 11) is 0.00696. The molecular formula is C17H18BN3O6. The van der Waals surface area contributed by atoms with E-state index in [-0.39, 0.29) is 12.2 Å². The van der Waals surface area contributed by atoms with Gasteiger partial charge in [-0.1, -0.05) is 24.3 Å². The van der Waals surface area contributed by atoms with E-state index < -0.39 is 7.12 Å². The lowest BCUT2D eigenvalue weighted by Crippen LogP contribution is -2.29. The molecule has 5 N–H and O–H groups in total. The van der Waals surface area contributed by atoms with Gasteiger partial charge in [-0.3, -0.25) is 4.79 Å². The second-order valence-corrected chi connectivity index (χ2v) is 5.34. The summed E-state index contributed by atoms with van der Waals surface area (Å²) in [6, 6.07) is 10.1. The SMILES string of the molecule is COc1cc2c(NCc3ccc(B(O)O)cc3)ncnc2cc1O.O=CO. The van der Waals surface area contributed by atoms with Crippen molar-refractivity contribution in [1.82, 2.24) is 9.97 Å². The Morgan fingerprint density at radius 1 is 1.19 bits per heavy atom. The van der Waals surface area contributed by atoms with Crippen LogP contribution < -0.4 is 15.5 Å². The Kier molecular flexibility index (Phi) is 6.92. The van der Waals surface area contributed by atoms with Gasteiger partial charge >= 0.3 is 7.12 Å². The van der Waals surface area contributed by atoms with Crippen LogP contribution in [0.1, 0.15) is 5.56 Å². The largest absolute Gasteiger partial charge is 0.504 e. The van der Waals surface area contributed by atoms with Crippen molar-refractivity contribution in [1.29, 1.82) is 0 Å². The molecule has 9 nitrogen and oxygen atoms in total. The summed E-state index contributed by atoms with van der Waals surface area (Å²) in [6.07, 6.45) is 1.42. The first-order valence-electron chi connectivity index (χ1n) is 7.78. The van der Waals surface area contributed by atoms with E-state index in [0.29, 0.717) is 29.1 Å². The van der Waals surface area contributed by atoms with Gasteiger partial charge in [-0.05, 0) is 17.1 Å². The maximum absolute atomic E-state index is 9.83. The molecule has 0 saturated carbocycles. The van der Waals surface area contributed by atoms with Crippen LogP contribution in [0.25, 0.3) is 10.9 Å². The number of hydrogen-bond donors (Lipinski definition) is 5. The molecule has 0 radical (unpaired) electrons. The van der Waals surface area contributed by atoms with Gasteiger partial charge in [0.15, 0.2) is 11.5 Å². The van der Waals surface area contributed by atoms with Crippen molar-refractivity contribution in [2.45, 2.75) is 6.54 Å². The van der Waals surface area contributed by atoms with Crippen LogP contribution in [0.5, 0.6) is 11.5 Å². The van der Waals surface area contributed by atoms with E-state index in [1.54, 1.807) is 30.3 Å². The minimum Gasteiger partial charge on any atom is -0.504 e. The Morgan fingerprint density at radius 2 is 1.85 bits per heavy atom. The molecule has 0 fully saturated rings. The number of benzene rings is 2. The molecule has 0 spiro atoms. The summed E-state index contributed by atoms with van der Waals surface area (Å²) < 4.78 is 5.13. The second kappa shape index (κ2) is 9.37. The van der Waals surface area contributed by atoms with Gasteiger partial charge in [-0.25, -0.2) is 9.97 Å². The molecule has 3 aromatic rings. The fraction of sp³-hybridized carbons (Fsp3) is 0.118. The Hall–Kier alpha value is -3.37. The zero-order chi connectivity index (χ0) is 19.8. The number of nitrogens with zero attached hydrogens (tertiary/aromatic N) is 2. The van der Waals surface area contributed by atoms with E-state index in [0.717, 1.165) is 10.9 Å². The molecule has 0 amide bonds. The maximum Gasteiger partial charge on any atom is 0.488 e. The molecule has 0 saturated heterocycles. The summed E-state index contributed by atoms with van der Waals surface area (Å²) in [6.45, 7) is 0.247. The summed E-state index contributed by atoms with van der Waals surface area (Å²) >= 11 is 0. The summed E-state index contributed by atoms with van der Waals surface area (Å²) in [5.74, 6) is 0.985. The highest BCUT2D eigenvalue weighted by atomic mass is 16.5. The normalized spacial score (nSPS) is 9.89. The molecular weight excluding hydrogens is 353 g/mol. The second-order valence-electron chi connectivity index (χ2n) is 5.34. The van der Waals surface area contributed by atoms with Crippen LogP contribution in [0.4, 0.5) is 5.82 Å². The van der Waals surface area contributed by atoms with Crippen molar-refractivity contribution in [3.8, 4) is 11.5 Å². The Labute approximate surface area is 155 Å². The number of carboxylic acid groups (broad SMARTS) is 1. The monoisotopic (exact) mass is 371 g/mol. The lowest BCUT2D eigenvalue weighted by Gasteiger charge is -2.11. The molecule has 27 heavy (non-hydrogen) atoms. The highest BCUT2D eigenvalue weighted by Crippen LogP contribution is 2.32. The predicted octanol–water partition coefficient (Wildman–Crippen LogP) is 0.337. The molecule has 0 aliphatic rings. The number of aromatic nitrogens is 2. The molecule has 0 atom stereocenters. The van der Waals surface area contributed by atoms with Gasteiger partial charge in [0.25, 0.3) is 6.47 Å². The average molecular weight is 371 g/mol. The number of rotatable bonds is 5. The quantitative estimate of drug-likeness (QED) is 0.317. The number of phenolic OH excluding ortho intramolecular Hbond substituents is 1. The van der Waals surface area contributed by atoms with E-state index >= 15 is 0 Å². The minimum atomic E-state index is -1.47. The summed E-state index contributed by atoms with van der Waals surface area (Å²) in [5.41, 5.74) is 1.99. The van der Waals surface area contributed by atoms with Gasteiger partial charge in [0.05, 0.1) is 12.6 Å². The molecule has 140 valence electrons. The minimum absolute atomic E-state index is 0.0211. The number of phenols is 1. The molecule has 1 aromatic heterocycles. The number of nitrogens with one attached hydrogen (secondary N) is 1. The number of fused-ring (bicyclic) bond motifs is 1. The van der Waals surface area contributed by atoms with Crippen LogP contribution in [-0.2, 0) is 11.3 Å². The van der Waals surface area contributed by atoms with Crippen molar-refractivity contribution >= 4 is 35.8 Å². The van der Waals surface area contributed by atoms with Crippen LogP contribution >= 0.6 is 0 Å². The number of hydrogen-bond acceptors (Lipinski definition) is 8. The number of methoxy groups -OCH3 is 1. The highest BCUT2D eigenvalue weighted by molar-refractivity contribution is 6.58. The number of ether oxygens (including phenoxy) is 1. The lowest BCUT2D eigenvalue weighted by atomic mass is 9.80. The molecule has 1 heterocycles. The van der Waals surface area contributed by atoms with Gasteiger partial charge in [0, 0.05) is 18.0 Å². The Morgan fingerprint density at radius 3 is 2.44 bits per heavy atom. The van der Waals surface area contributed by atoms with Gasteiger partial charge < -0.3 is 30.3 Å². The van der Waals surface area contributed by atoms with E-state index in [1.807, 2.05) is 0 Å².